The van der Waals surface area contributed by atoms with E-state index in [2.05, 4.69) is 0 Å². The molecule has 1 aromatic rings. The molecule has 27 heavy (non-hydrogen) atoms. The number of nitrogens with one attached hydrogen (secondary N) is 1. The Balaban J connectivity index is 1.36. The molecule has 0 aromatic heterocycles. The first kappa shape index (κ1) is 18.4. The van der Waals surface area contributed by atoms with Gasteiger partial charge in [0.15, 0.2) is 0 Å². The number of carbonyl (C=O) groups excluding carboxylic acids is 2. The second kappa shape index (κ2) is 7.58. The van der Waals surface area contributed by atoms with Crippen LogP contribution < -0.4 is 10.0 Å². The summed E-state index contributed by atoms with van der Waals surface area (Å²) in [5.41, 5.74) is 1.09. The summed E-state index contributed by atoms with van der Waals surface area (Å²) in [7, 11) is 0. The van der Waals surface area contributed by atoms with Gasteiger partial charge in [0.1, 0.15) is 12.4 Å². The zero-order chi connectivity index (χ0) is 19.0. The summed E-state index contributed by atoms with van der Waals surface area (Å²) in [6.07, 6.45) is 3.78. The maximum Gasteiger partial charge on any atom is 0.227 e. The van der Waals surface area contributed by atoms with Crippen LogP contribution in [0.1, 0.15) is 31.2 Å². The number of rotatable bonds is 4. The van der Waals surface area contributed by atoms with Crippen LogP contribution in [0.2, 0.25) is 0 Å². The smallest absolute Gasteiger partial charge is 0.227 e. The van der Waals surface area contributed by atoms with Gasteiger partial charge in [0.25, 0.3) is 0 Å². The highest BCUT2D eigenvalue weighted by Crippen LogP contribution is 2.49. The quantitative estimate of drug-likeness (QED) is 0.798. The van der Waals surface area contributed by atoms with Crippen LogP contribution in [0.5, 0.6) is 0 Å². The third kappa shape index (κ3) is 3.72. The molecular weight excluding hydrogens is 347 g/mol. The zero-order valence-corrected chi connectivity index (χ0v) is 15.5. The van der Waals surface area contributed by atoms with E-state index in [1.54, 1.807) is 0 Å². The number of hydrogen-bond acceptors (Lipinski definition) is 3. The fraction of sp³-hybridized carbons (Fsp3) is 0.619. The molecule has 5 nitrogen and oxygen atoms in total. The summed E-state index contributed by atoms with van der Waals surface area (Å²) in [4.78, 5) is 28.1. The van der Waals surface area contributed by atoms with Crippen molar-refractivity contribution in [1.29, 1.82) is 0 Å². The Morgan fingerprint density at radius 2 is 1.56 bits per heavy atom. The third-order valence-corrected chi connectivity index (χ3v) is 6.93. The fourth-order valence-electron chi connectivity index (χ4n) is 5.47. The lowest BCUT2D eigenvalue weighted by Crippen LogP contribution is -3.13. The largest absolute Gasteiger partial charge is 0.550 e. The Morgan fingerprint density at radius 1 is 1.00 bits per heavy atom. The number of carbonyl (C=O) groups is 2. The Kier molecular flexibility index (Phi) is 5.17. The molecule has 1 aromatic carbocycles. The first-order valence-electron chi connectivity index (χ1n) is 10.1. The van der Waals surface area contributed by atoms with Gasteiger partial charge in [-0.05, 0) is 49.7 Å². The molecule has 1 saturated heterocycles. The summed E-state index contributed by atoms with van der Waals surface area (Å²) in [6.45, 7) is 3.80. The summed E-state index contributed by atoms with van der Waals surface area (Å²) < 4.78 is 13.0. The van der Waals surface area contributed by atoms with E-state index >= 15 is 0 Å². The van der Waals surface area contributed by atoms with Gasteiger partial charge in [0, 0.05) is 23.4 Å². The van der Waals surface area contributed by atoms with Crippen molar-refractivity contribution in [3.63, 3.8) is 0 Å². The Bertz CT molecular complexity index is 692. The third-order valence-electron chi connectivity index (χ3n) is 6.93. The number of aliphatic carboxylic acids is 1. The molecular formula is C21H27FN2O3. The van der Waals surface area contributed by atoms with Crippen molar-refractivity contribution in [3.8, 4) is 0 Å². The number of piperazine rings is 1. The number of quaternary nitrogens is 1. The lowest BCUT2D eigenvalue weighted by atomic mass is 9.58. The molecule has 4 aliphatic rings. The van der Waals surface area contributed by atoms with E-state index in [1.165, 1.54) is 17.0 Å². The second-order valence-electron chi connectivity index (χ2n) is 8.42. The van der Waals surface area contributed by atoms with Crippen LogP contribution in [0.3, 0.4) is 0 Å². The van der Waals surface area contributed by atoms with E-state index in [9.17, 15) is 19.1 Å². The maximum absolute atomic E-state index is 13.1. The number of halogens is 1. The topological polar surface area (TPSA) is 64.9 Å². The number of nitrogens with zero attached hydrogens (tertiary/aromatic N) is 1. The maximum atomic E-state index is 13.1. The molecule has 0 spiro atoms. The molecule has 1 heterocycles. The van der Waals surface area contributed by atoms with Crippen LogP contribution >= 0.6 is 0 Å². The molecule has 3 aliphatic carbocycles. The van der Waals surface area contributed by atoms with E-state index in [1.807, 2.05) is 17.0 Å². The summed E-state index contributed by atoms with van der Waals surface area (Å²) in [5.74, 6) is -1.92. The van der Waals surface area contributed by atoms with Gasteiger partial charge in [-0.15, -0.1) is 0 Å². The molecule has 3 saturated carbocycles. The van der Waals surface area contributed by atoms with Crippen molar-refractivity contribution in [2.45, 2.75) is 32.2 Å². The number of carboxylic acid groups (broad SMARTS) is 1. The molecule has 0 unspecified atom stereocenters. The molecule has 1 aliphatic heterocycles. The molecule has 6 heteroatoms. The minimum atomic E-state index is -1.04. The van der Waals surface area contributed by atoms with Crippen LogP contribution in [0.4, 0.5) is 4.39 Å². The van der Waals surface area contributed by atoms with Gasteiger partial charge >= 0.3 is 0 Å². The highest BCUT2D eigenvalue weighted by atomic mass is 19.1. The lowest BCUT2D eigenvalue weighted by Gasteiger charge is -2.49. The molecule has 1 N–H and O–H groups in total. The predicted octanol–water partition coefficient (Wildman–Crippen LogP) is -0.145. The predicted molar refractivity (Wildman–Crippen MR) is 94.8 cm³/mol. The van der Waals surface area contributed by atoms with E-state index in [0.29, 0.717) is 13.1 Å². The Hall–Kier alpha value is -1.95. The van der Waals surface area contributed by atoms with Gasteiger partial charge in [-0.1, -0.05) is 12.1 Å². The van der Waals surface area contributed by atoms with Crippen molar-refractivity contribution in [1.82, 2.24) is 4.90 Å². The van der Waals surface area contributed by atoms with Crippen molar-refractivity contribution in [3.05, 3.63) is 35.6 Å². The first-order valence-corrected chi connectivity index (χ1v) is 10.1. The molecule has 146 valence electrons. The van der Waals surface area contributed by atoms with Crippen LogP contribution in [0.25, 0.3) is 0 Å². The summed E-state index contributed by atoms with van der Waals surface area (Å²) >= 11 is 0. The van der Waals surface area contributed by atoms with Crippen molar-refractivity contribution >= 4 is 11.9 Å². The number of carboxylic acids is 1. The summed E-state index contributed by atoms with van der Waals surface area (Å²) in [5, 5.41) is 11.7. The van der Waals surface area contributed by atoms with Crippen LogP contribution in [0, 0.1) is 29.5 Å². The lowest BCUT2D eigenvalue weighted by molar-refractivity contribution is -0.917. The zero-order valence-electron chi connectivity index (χ0n) is 15.5. The van der Waals surface area contributed by atoms with Gasteiger partial charge in [-0.2, -0.15) is 0 Å². The average Bonchev–Trinajstić information content (AvgIpc) is 2.70. The van der Waals surface area contributed by atoms with Crippen LogP contribution in [-0.4, -0.2) is 43.0 Å². The van der Waals surface area contributed by atoms with E-state index in [0.717, 1.165) is 50.9 Å². The number of benzene rings is 1. The van der Waals surface area contributed by atoms with Crippen molar-refractivity contribution in [2.75, 3.05) is 26.2 Å². The average molecular weight is 374 g/mol. The Labute approximate surface area is 159 Å². The first-order chi connectivity index (χ1) is 13.0. The normalized spacial score (nSPS) is 31.1. The van der Waals surface area contributed by atoms with Gasteiger partial charge in [0.05, 0.1) is 26.2 Å². The second-order valence-corrected chi connectivity index (χ2v) is 8.42. The highest BCUT2D eigenvalue weighted by molar-refractivity contribution is 5.85. The van der Waals surface area contributed by atoms with Gasteiger partial charge in [-0.3, -0.25) is 4.79 Å². The molecule has 4 fully saturated rings. The summed E-state index contributed by atoms with van der Waals surface area (Å²) in [6, 6.07) is 6.58. The Morgan fingerprint density at radius 3 is 2.11 bits per heavy atom. The molecule has 0 radical (unpaired) electrons. The number of hydrogen-bond donors (Lipinski definition) is 1. The standard InChI is InChI=1S/C21H27FN2O3/c22-17-7-1-14(2-8-17)13-23-9-11-24(12-10-23)20(25)18-15-3-5-16(6-4-15)19(18)21(26)27/h1-2,7-8,15-16,18-19H,3-6,9-13H2,(H,26,27)/t15?,16?,18-,19+/m1/s1. The highest BCUT2D eigenvalue weighted by Gasteiger charge is 2.49. The number of amides is 1. The van der Waals surface area contributed by atoms with Crippen LogP contribution in [-0.2, 0) is 16.1 Å². The molecule has 5 rings (SSSR count). The number of fused-ring (bicyclic) bond motifs is 3. The fourth-order valence-corrected chi connectivity index (χ4v) is 5.47. The van der Waals surface area contributed by atoms with E-state index in [-0.39, 0.29) is 29.5 Å². The monoisotopic (exact) mass is 374 g/mol. The van der Waals surface area contributed by atoms with Gasteiger partial charge in [0.2, 0.25) is 5.91 Å². The van der Waals surface area contributed by atoms with Crippen LogP contribution in [0.15, 0.2) is 24.3 Å². The molecule has 1 amide bonds. The van der Waals surface area contributed by atoms with Gasteiger partial charge < -0.3 is 19.7 Å². The molecule has 2 bridgehead atoms. The van der Waals surface area contributed by atoms with Crippen molar-refractivity contribution in [2.24, 2.45) is 23.7 Å². The van der Waals surface area contributed by atoms with Crippen molar-refractivity contribution < 1.29 is 24.0 Å². The van der Waals surface area contributed by atoms with Gasteiger partial charge in [-0.25, -0.2) is 4.39 Å². The minimum absolute atomic E-state index is 0.0273. The molecule has 2 atom stereocenters. The minimum Gasteiger partial charge on any atom is -0.550 e. The van der Waals surface area contributed by atoms with E-state index < -0.39 is 11.9 Å². The van der Waals surface area contributed by atoms with E-state index in [4.69, 9.17) is 0 Å². The SMILES string of the molecule is O=C([O-])[C@H]1C2CCC(CC2)[C@H]1C(=O)N1CC[NH+](Cc2ccc(F)cc2)CC1.